The maximum Gasteiger partial charge on any atom is 0.417 e. The number of nitrogens with zero attached hydrogens (tertiary/aromatic N) is 4. The maximum atomic E-state index is 15.2. The average Bonchev–Trinajstić information content (AvgIpc) is 3.92. The number of rotatable bonds is 7. The van der Waals surface area contributed by atoms with E-state index in [4.69, 9.17) is 6.57 Å². The van der Waals surface area contributed by atoms with E-state index < -0.39 is 11.7 Å². The summed E-state index contributed by atoms with van der Waals surface area (Å²) < 4.78 is 49.9. The normalized spacial score (nSPS) is 11.6. The zero-order chi connectivity index (χ0) is 47.5. The Kier molecular flexibility index (Phi) is 10.0. The minimum atomic E-state index is -4.82. The fraction of sp³-hybridized carbons (Fsp3) is 0.0159. The van der Waals surface area contributed by atoms with Crippen LogP contribution in [0.3, 0.4) is 0 Å². The van der Waals surface area contributed by atoms with Crippen LogP contribution >= 0.6 is 0 Å². The standard InChI is InChI=1S/C63H37F3N4/c1-68-56-38-62(70-59-30-25-47(43-18-10-4-11-19-43)35-53(59)54-36-48(26-31-60(54)70)44-20-12-5-13-21-44)61(37-50(56)49-27-22-40(39-67)32-55(49)63(64,65)66)69-57-28-23-45(41-14-6-2-7-15-41)33-51(57)52-34-46(24-29-58(52)69)42-16-8-3-9-17-42/h2-38H. The van der Waals surface area contributed by atoms with Crippen LogP contribution in [0, 0.1) is 17.9 Å². The highest BCUT2D eigenvalue weighted by molar-refractivity contribution is 6.14. The van der Waals surface area contributed by atoms with Gasteiger partial charge in [0.25, 0.3) is 0 Å². The van der Waals surface area contributed by atoms with E-state index in [0.29, 0.717) is 11.4 Å². The highest BCUT2D eigenvalue weighted by Crippen LogP contribution is 2.47. The topological polar surface area (TPSA) is 38.0 Å². The molecule has 0 amide bonds. The summed E-state index contributed by atoms with van der Waals surface area (Å²) in [6, 6.07) is 75.1. The molecule has 0 saturated heterocycles. The van der Waals surface area contributed by atoms with E-state index in [1.165, 1.54) is 12.1 Å². The number of fused-ring (bicyclic) bond motifs is 6. The third-order valence-corrected chi connectivity index (χ3v) is 13.4. The van der Waals surface area contributed by atoms with Crippen molar-refractivity contribution in [1.82, 2.24) is 9.13 Å². The molecule has 0 N–H and O–H groups in total. The minimum absolute atomic E-state index is 0.0317. The van der Waals surface area contributed by atoms with Crippen LogP contribution in [0.25, 0.3) is 115 Å². The number of alkyl halides is 3. The quantitative estimate of drug-likeness (QED) is 0.147. The second-order valence-electron chi connectivity index (χ2n) is 17.4. The van der Waals surface area contributed by atoms with Gasteiger partial charge >= 0.3 is 6.18 Å². The first-order valence-electron chi connectivity index (χ1n) is 22.8. The molecule has 10 aromatic carbocycles. The lowest BCUT2D eigenvalue weighted by Crippen LogP contribution is -2.09. The first-order chi connectivity index (χ1) is 34.2. The summed E-state index contributed by atoms with van der Waals surface area (Å²) in [6.45, 7) is 8.63. The maximum absolute atomic E-state index is 15.2. The molecule has 70 heavy (non-hydrogen) atoms. The zero-order valence-corrected chi connectivity index (χ0v) is 37.3. The van der Waals surface area contributed by atoms with Crippen molar-refractivity contribution >= 4 is 49.3 Å². The van der Waals surface area contributed by atoms with Crippen molar-refractivity contribution in [3.8, 4) is 73.1 Å². The average molecular weight is 907 g/mol. The van der Waals surface area contributed by atoms with Gasteiger partial charge in [0.2, 0.25) is 0 Å². The van der Waals surface area contributed by atoms with Gasteiger partial charge in [0.1, 0.15) is 0 Å². The predicted octanol–water partition coefficient (Wildman–Crippen LogP) is 17.7. The van der Waals surface area contributed by atoms with E-state index in [0.717, 1.165) is 94.2 Å². The predicted molar refractivity (Wildman–Crippen MR) is 278 cm³/mol. The van der Waals surface area contributed by atoms with Crippen molar-refractivity contribution < 1.29 is 13.2 Å². The molecule has 4 nitrogen and oxygen atoms in total. The first kappa shape index (κ1) is 42.0. The zero-order valence-electron chi connectivity index (χ0n) is 37.3. The monoisotopic (exact) mass is 906 g/mol. The van der Waals surface area contributed by atoms with E-state index in [1.807, 2.05) is 78.9 Å². The highest BCUT2D eigenvalue weighted by atomic mass is 19.4. The molecule has 2 aromatic heterocycles. The van der Waals surface area contributed by atoms with E-state index in [9.17, 15) is 5.26 Å². The molecule has 0 radical (unpaired) electrons. The lowest BCUT2D eigenvalue weighted by Gasteiger charge is -2.21. The van der Waals surface area contributed by atoms with E-state index >= 15 is 13.2 Å². The SMILES string of the molecule is [C-]#[N+]c1cc(-n2c3ccc(-c4ccccc4)cc3c3cc(-c4ccccc4)ccc32)c(-n2c3ccc(-c4ccccc4)cc3c3cc(-c4ccccc4)ccc32)cc1-c1ccc(C#N)cc1C(F)(F)F. The molecule has 0 atom stereocenters. The summed E-state index contributed by atoms with van der Waals surface area (Å²) in [6.07, 6.45) is -4.82. The van der Waals surface area contributed by atoms with Crippen molar-refractivity contribution in [3.63, 3.8) is 0 Å². The molecule has 2 heterocycles. The lowest BCUT2D eigenvalue weighted by atomic mass is 9.94. The Balaban J connectivity index is 1.23. The molecule has 7 heteroatoms. The van der Waals surface area contributed by atoms with Crippen molar-refractivity contribution in [1.29, 1.82) is 5.26 Å². The van der Waals surface area contributed by atoms with Crippen LogP contribution in [0.15, 0.2) is 224 Å². The molecule has 330 valence electrons. The van der Waals surface area contributed by atoms with E-state index in [-0.39, 0.29) is 22.4 Å². The van der Waals surface area contributed by atoms with Crippen LogP contribution in [0.1, 0.15) is 11.1 Å². The molecule has 0 saturated carbocycles. The van der Waals surface area contributed by atoms with Gasteiger partial charge in [-0.25, -0.2) is 4.85 Å². The van der Waals surface area contributed by atoms with Gasteiger partial charge in [0.05, 0.1) is 57.2 Å². The van der Waals surface area contributed by atoms with Crippen LogP contribution in [-0.2, 0) is 6.18 Å². The summed E-state index contributed by atoms with van der Waals surface area (Å²) >= 11 is 0. The van der Waals surface area contributed by atoms with Crippen molar-refractivity contribution in [2.24, 2.45) is 0 Å². The molecule has 0 fully saturated rings. The van der Waals surface area contributed by atoms with Crippen molar-refractivity contribution in [3.05, 3.63) is 247 Å². The minimum Gasteiger partial charge on any atom is -0.308 e. The van der Waals surface area contributed by atoms with Crippen molar-refractivity contribution in [2.45, 2.75) is 6.18 Å². The van der Waals surface area contributed by atoms with Gasteiger partial charge in [0, 0.05) is 21.5 Å². The van der Waals surface area contributed by atoms with Gasteiger partial charge in [-0.15, -0.1) is 0 Å². The summed E-state index contributed by atoms with van der Waals surface area (Å²) in [5.74, 6) is 0. The molecular formula is C63H37F3N4. The summed E-state index contributed by atoms with van der Waals surface area (Å²) in [7, 11) is 0. The fourth-order valence-corrected chi connectivity index (χ4v) is 10.1. The van der Waals surface area contributed by atoms with Crippen LogP contribution in [0.5, 0.6) is 0 Å². The summed E-state index contributed by atoms with van der Waals surface area (Å²) in [5.41, 5.74) is 11.7. The number of hydrogen-bond donors (Lipinski definition) is 0. The second-order valence-corrected chi connectivity index (χ2v) is 17.4. The molecule has 0 aliphatic carbocycles. The fourth-order valence-electron chi connectivity index (χ4n) is 10.1. The number of benzene rings is 10. The summed E-state index contributed by atoms with van der Waals surface area (Å²) in [5, 5.41) is 13.6. The van der Waals surface area contributed by atoms with E-state index in [1.54, 1.807) is 12.1 Å². The molecule has 12 rings (SSSR count). The third kappa shape index (κ3) is 7.08. The van der Waals surface area contributed by atoms with Crippen LogP contribution in [-0.4, -0.2) is 9.13 Å². The molecule has 0 spiro atoms. The number of aromatic nitrogens is 2. The van der Waals surface area contributed by atoms with Crippen LogP contribution < -0.4 is 0 Å². The van der Waals surface area contributed by atoms with Crippen molar-refractivity contribution in [2.75, 3.05) is 0 Å². The Labute approximate surface area is 401 Å². The smallest absolute Gasteiger partial charge is 0.308 e. The van der Waals surface area contributed by atoms with Gasteiger partial charge in [-0.1, -0.05) is 152 Å². The number of nitriles is 1. The molecule has 0 aliphatic rings. The largest absolute Gasteiger partial charge is 0.417 e. The van der Waals surface area contributed by atoms with Crippen LogP contribution in [0.2, 0.25) is 0 Å². The summed E-state index contributed by atoms with van der Waals surface area (Å²) in [4.78, 5) is 3.98. The molecular weight excluding hydrogens is 870 g/mol. The third-order valence-electron chi connectivity index (χ3n) is 13.4. The Bertz CT molecular complexity index is 3910. The highest BCUT2D eigenvalue weighted by Gasteiger charge is 2.35. The van der Waals surface area contributed by atoms with Gasteiger partial charge < -0.3 is 9.13 Å². The van der Waals surface area contributed by atoms with Gasteiger partial charge in [-0.3, -0.25) is 0 Å². The van der Waals surface area contributed by atoms with Gasteiger partial charge in [0.15, 0.2) is 5.69 Å². The molecule has 0 unspecified atom stereocenters. The molecule has 12 aromatic rings. The molecule has 0 aliphatic heterocycles. The Hall–Kier alpha value is -9.43. The lowest BCUT2D eigenvalue weighted by molar-refractivity contribution is -0.137. The van der Waals surface area contributed by atoms with Gasteiger partial charge in [-0.2, -0.15) is 18.4 Å². The first-order valence-corrected chi connectivity index (χ1v) is 22.8. The Morgan fingerprint density at radius 2 is 0.743 bits per heavy atom. The Morgan fingerprint density at radius 3 is 1.07 bits per heavy atom. The second kappa shape index (κ2) is 16.7. The van der Waals surface area contributed by atoms with Gasteiger partial charge in [-0.05, 0) is 128 Å². The van der Waals surface area contributed by atoms with E-state index in [2.05, 4.69) is 135 Å². The van der Waals surface area contributed by atoms with Crippen LogP contribution in [0.4, 0.5) is 18.9 Å². The Morgan fingerprint density at radius 1 is 0.386 bits per heavy atom. The number of hydrogen-bond acceptors (Lipinski definition) is 1. The molecule has 0 bridgehead atoms. The number of halogens is 3.